The Bertz CT molecular complexity index is 661. The summed E-state index contributed by atoms with van der Waals surface area (Å²) >= 11 is 7.02. The van der Waals surface area contributed by atoms with E-state index in [1.165, 1.54) is 16.3 Å². The van der Waals surface area contributed by atoms with Crippen molar-refractivity contribution in [2.45, 2.75) is 25.0 Å². The van der Waals surface area contributed by atoms with E-state index in [2.05, 4.69) is 10.2 Å². The smallest absolute Gasteiger partial charge is 0.293 e. The standard InChI is InChI=1S/C13H14ClN3O2S/c1-8(2)17-12(19)15-16-13(17)20-7-11(18)9-3-5-10(14)6-4-9/h3-6,8H,7H2,1-2H3,(H,15,19). The second-order valence-corrected chi connectivity index (χ2v) is 5.87. The van der Waals surface area contributed by atoms with Gasteiger partial charge in [-0.25, -0.2) is 9.89 Å². The fraction of sp³-hybridized carbons (Fsp3) is 0.308. The second kappa shape index (κ2) is 6.28. The van der Waals surface area contributed by atoms with Crippen molar-refractivity contribution in [3.05, 3.63) is 45.3 Å². The van der Waals surface area contributed by atoms with E-state index in [9.17, 15) is 9.59 Å². The zero-order valence-corrected chi connectivity index (χ0v) is 12.7. The van der Waals surface area contributed by atoms with Crippen molar-refractivity contribution in [1.29, 1.82) is 0 Å². The Hall–Kier alpha value is -1.53. The highest BCUT2D eigenvalue weighted by atomic mass is 35.5. The average Bonchev–Trinajstić information content (AvgIpc) is 2.78. The Morgan fingerprint density at radius 1 is 1.40 bits per heavy atom. The molecule has 0 atom stereocenters. The normalized spacial score (nSPS) is 11.0. The number of aromatic nitrogens is 3. The molecule has 0 unspecified atom stereocenters. The maximum atomic E-state index is 12.0. The van der Waals surface area contributed by atoms with Crippen molar-refractivity contribution >= 4 is 29.1 Å². The van der Waals surface area contributed by atoms with Gasteiger partial charge in [-0.15, -0.1) is 5.10 Å². The zero-order valence-electron chi connectivity index (χ0n) is 11.1. The minimum atomic E-state index is -0.263. The van der Waals surface area contributed by atoms with Crippen molar-refractivity contribution in [1.82, 2.24) is 14.8 Å². The van der Waals surface area contributed by atoms with E-state index in [0.29, 0.717) is 15.7 Å². The first kappa shape index (κ1) is 14.9. The molecule has 7 heteroatoms. The van der Waals surface area contributed by atoms with Crippen molar-refractivity contribution in [3.63, 3.8) is 0 Å². The fourth-order valence-electron chi connectivity index (χ4n) is 1.70. The molecule has 0 radical (unpaired) electrons. The van der Waals surface area contributed by atoms with Crippen LogP contribution in [0, 0.1) is 0 Å². The Morgan fingerprint density at radius 3 is 2.65 bits per heavy atom. The topological polar surface area (TPSA) is 67.8 Å². The van der Waals surface area contributed by atoms with Crippen LogP contribution >= 0.6 is 23.4 Å². The zero-order chi connectivity index (χ0) is 14.7. The number of ketones is 1. The van der Waals surface area contributed by atoms with Gasteiger partial charge in [-0.3, -0.25) is 9.36 Å². The molecule has 0 aliphatic carbocycles. The molecule has 2 rings (SSSR count). The number of nitrogens with zero attached hydrogens (tertiary/aromatic N) is 2. The summed E-state index contributed by atoms with van der Waals surface area (Å²) in [6, 6.07) is 6.72. The number of nitrogens with one attached hydrogen (secondary N) is 1. The van der Waals surface area contributed by atoms with E-state index in [4.69, 9.17) is 11.6 Å². The number of halogens is 1. The van der Waals surface area contributed by atoms with Crippen LogP contribution in [-0.4, -0.2) is 26.3 Å². The first-order valence-electron chi connectivity index (χ1n) is 6.07. The van der Waals surface area contributed by atoms with Crippen LogP contribution in [0.5, 0.6) is 0 Å². The van der Waals surface area contributed by atoms with Crippen LogP contribution in [0.1, 0.15) is 30.2 Å². The van der Waals surface area contributed by atoms with Gasteiger partial charge in [-0.2, -0.15) is 0 Å². The number of carbonyl (C=O) groups excluding carboxylic acids is 1. The lowest BCUT2D eigenvalue weighted by atomic mass is 10.1. The van der Waals surface area contributed by atoms with Crippen LogP contribution < -0.4 is 5.69 Å². The molecule has 0 aliphatic heterocycles. The van der Waals surface area contributed by atoms with E-state index in [0.717, 1.165) is 0 Å². The number of hydrogen-bond donors (Lipinski definition) is 1. The molecule has 106 valence electrons. The second-order valence-electron chi connectivity index (χ2n) is 4.49. The number of carbonyl (C=O) groups is 1. The quantitative estimate of drug-likeness (QED) is 0.681. The Labute approximate surface area is 125 Å². The number of thioether (sulfide) groups is 1. The summed E-state index contributed by atoms with van der Waals surface area (Å²) in [6.07, 6.45) is 0. The van der Waals surface area contributed by atoms with Crippen LogP contribution in [0.3, 0.4) is 0 Å². The van der Waals surface area contributed by atoms with Crippen molar-refractivity contribution in [2.75, 3.05) is 5.75 Å². The number of rotatable bonds is 5. The molecule has 0 fully saturated rings. The SMILES string of the molecule is CC(C)n1c(SCC(=O)c2ccc(Cl)cc2)n[nH]c1=O. The summed E-state index contributed by atoms with van der Waals surface area (Å²) in [6.45, 7) is 3.78. The lowest BCUT2D eigenvalue weighted by Gasteiger charge is -2.08. The summed E-state index contributed by atoms with van der Waals surface area (Å²) in [4.78, 5) is 23.6. The highest BCUT2D eigenvalue weighted by Gasteiger charge is 2.14. The largest absolute Gasteiger partial charge is 0.344 e. The molecule has 0 spiro atoms. The monoisotopic (exact) mass is 311 g/mol. The third-order valence-electron chi connectivity index (χ3n) is 2.69. The lowest BCUT2D eigenvalue weighted by molar-refractivity contribution is 0.102. The van der Waals surface area contributed by atoms with Crippen molar-refractivity contribution < 1.29 is 4.79 Å². The molecule has 0 bridgehead atoms. The molecular weight excluding hydrogens is 298 g/mol. The summed E-state index contributed by atoms with van der Waals surface area (Å²) in [5, 5.41) is 7.44. The molecule has 1 aromatic carbocycles. The third kappa shape index (κ3) is 3.32. The Kier molecular flexibility index (Phi) is 4.67. The summed E-state index contributed by atoms with van der Waals surface area (Å²) in [5.74, 6) is 0.191. The van der Waals surface area contributed by atoms with Crippen LogP contribution in [0.15, 0.2) is 34.2 Å². The minimum absolute atomic E-state index is 0.00520. The highest BCUT2D eigenvalue weighted by Crippen LogP contribution is 2.19. The summed E-state index contributed by atoms with van der Waals surface area (Å²) < 4.78 is 1.53. The Balaban J connectivity index is 2.07. The number of H-pyrrole nitrogens is 1. The molecule has 0 amide bonds. The van der Waals surface area contributed by atoms with E-state index in [-0.39, 0.29) is 23.3 Å². The van der Waals surface area contributed by atoms with Gasteiger partial charge in [0, 0.05) is 16.6 Å². The number of benzene rings is 1. The molecule has 1 heterocycles. The average molecular weight is 312 g/mol. The molecule has 1 aromatic heterocycles. The maximum Gasteiger partial charge on any atom is 0.344 e. The fourth-order valence-corrected chi connectivity index (χ4v) is 2.79. The number of aromatic amines is 1. The van der Waals surface area contributed by atoms with Gasteiger partial charge in [-0.1, -0.05) is 23.4 Å². The summed E-state index contributed by atoms with van der Waals surface area (Å²) in [5.41, 5.74) is 0.331. The summed E-state index contributed by atoms with van der Waals surface area (Å²) in [7, 11) is 0. The van der Waals surface area contributed by atoms with Gasteiger partial charge in [0.25, 0.3) is 0 Å². The Morgan fingerprint density at radius 2 is 2.05 bits per heavy atom. The predicted octanol–water partition coefficient (Wildman–Crippen LogP) is 2.78. The first-order chi connectivity index (χ1) is 9.49. The maximum absolute atomic E-state index is 12.0. The van der Waals surface area contributed by atoms with Gasteiger partial charge in [0.05, 0.1) is 5.75 Å². The molecule has 2 aromatic rings. The van der Waals surface area contributed by atoms with Gasteiger partial charge in [-0.05, 0) is 38.1 Å². The van der Waals surface area contributed by atoms with E-state index in [1.54, 1.807) is 24.3 Å². The molecule has 5 nitrogen and oxygen atoms in total. The number of hydrogen-bond acceptors (Lipinski definition) is 4. The highest BCUT2D eigenvalue weighted by molar-refractivity contribution is 7.99. The van der Waals surface area contributed by atoms with Crippen LogP contribution in [-0.2, 0) is 0 Å². The van der Waals surface area contributed by atoms with Gasteiger partial charge >= 0.3 is 5.69 Å². The third-order valence-corrected chi connectivity index (χ3v) is 3.89. The van der Waals surface area contributed by atoms with Crippen LogP contribution in [0.25, 0.3) is 0 Å². The van der Waals surface area contributed by atoms with E-state index < -0.39 is 0 Å². The molecular formula is C13H14ClN3O2S. The van der Waals surface area contributed by atoms with Gasteiger partial charge in [0.2, 0.25) is 0 Å². The van der Waals surface area contributed by atoms with Crippen molar-refractivity contribution in [2.24, 2.45) is 0 Å². The molecule has 0 saturated carbocycles. The first-order valence-corrected chi connectivity index (χ1v) is 7.44. The van der Waals surface area contributed by atoms with Crippen molar-refractivity contribution in [3.8, 4) is 0 Å². The van der Waals surface area contributed by atoms with Gasteiger partial charge in [0.1, 0.15) is 0 Å². The number of Topliss-reactive ketones (excluding diaryl/α,β-unsaturated/α-hetero) is 1. The molecule has 1 N–H and O–H groups in total. The molecule has 20 heavy (non-hydrogen) atoms. The predicted molar refractivity (Wildman–Crippen MR) is 79.7 cm³/mol. The molecule has 0 aliphatic rings. The van der Waals surface area contributed by atoms with E-state index in [1.807, 2.05) is 13.8 Å². The molecule has 0 saturated heterocycles. The van der Waals surface area contributed by atoms with Gasteiger partial charge in [0.15, 0.2) is 10.9 Å². The van der Waals surface area contributed by atoms with Crippen LogP contribution in [0.2, 0.25) is 5.02 Å². The van der Waals surface area contributed by atoms with Gasteiger partial charge < -0.3 is 0 Å². The lowest BCUT2D eigenvalue weighted by Crippen LogP contribution is -2.19. The minimum Gasteiger partial charge on any atom is -0.293 e. The van der Waals surface area contributed by atoms with E-state index >= 15 is 0 Å². The van der Waals surface area contributed by atoms with Crippen LogP contribution in [0.4, 0.5) is 0 Å².